The number of aromatic nitrogens is 8. The lowest BCUT2D eigenvalue weighted by atomic mass is 9.79. The molecule has 0 bridgehead atoms. The van der Waals surface area contributed by atoms with Crippen molar-refractivity contribution in [3.8, 4) is 34.9 Å². The number of nitrogens with two attached hydrogens (primary N) is 2. The summed E-state index contributed by atoms with van der Waals surface area (Å²) in [5.41, 5.74) is 17.0. The average Bonchev–Trinajstić information content (AvgIpc) is 3.90. The second kappa shape index (κ2) is 16.2. The van der Waals surface area contributed by atoms with Gasteiger partial charge in [0.15, 0.2) is 11.6 Å². The Hall–Kier alpha value is -6.98. The third-order valence-corrected chi connectivity index (χ3v) is 10.1. The Morgan fingerprint density at radius 1 is 0.621 bits per heavy atom. The molecule has 0 amide bonds. The highest BCUT2D eigenvalue weighted by molar-refractivity contribution is 9.10. The number of pyridine rings is 4. The predicted molar refractivity (Wildman–Crippen MR) is 227 cm³/mol. The van der Waals surface area contributed by atoms with Crippen LogP contribution in [0.25, 0.3) is 44.6 Å². The van der Waals surface area contributed by atoms with E-state index in [9.17, 15) is 0 Å². The molecular weight excluding hydrogens is 795 g/mol. The quantitative estimate of drug-likeness (QED) is 0.173. The maximum atomic E-state index is 9.08. The number of anilines is 2. The molecule has 0 aliphatic carbocycles. The van der Waals surface area contributed by atoms with Gasteiger partial charge in [0.2, 0.25) is 0 Å². The largest absolute Gasteiger partial charge is 0.494 e. The molecule has 4 N–H and O–H groups in total. The second-order valence-corrected chi connectivity index (χ2v) is 15.1. The first-order chi connectivity index (χ1) is 27.8. The molecule has 16 heteroatoms. The van der Waals surface area contributed by atoms with Crippen LogP contribution < -0.4 is 16.9 Å². The highest BCUT2D eigenvalue weighted by atomic mass is 79.9. The van der Waals surface area contributed by atoms with Gasteiger partial charge >= 0.3 is 7.12 Å². The zero-order valence-corrected chi connectivity index (χ0v) is 33.5. The van der Waals surface area contributed by atoms with Gasteiger partial charge in [-0.15, -0.1) is 0 Å². The standard InChI is InChI=1S/C19H19BN4O2.C18H12N6.C5H5BrN2/c1-18(2)19(3,4)26-20(25-18)14-9-8-13-12-22-24(16(13)10-14)17-7-5-6-15(11-21)23-17;19-8-16-2-1-3-18(23-16)24-17-7-12(4-5-13(17)10-22-24)14-6-15(20)11-21-9-14;6-4-1-5(7)3-8-2-4/h5-10,12H,1-4H3;1-7,9-11H,20H2;1-3H,7H2. The second-order valence-electron chi connectivity index (χ2n) is 14.2. The molecule has 9 rings (SSSR count). The molecule has 8 aromatic rings. The third kappa shape index (κ3) is 8.40. The van der Waals surface area contributed by atoms with E-state index in [1.54, 1.807) is 76.9 Å². The van der Waals surface area contributed by atoms with Crippen LogP contribution in [0.2, 0.25) is 0 Å². The lowest BCUT2D eigenvalue weighted by Crippen LogP contribution is -2.41. The monoisotopic (exact) mass is 830 g/mol. The van der Waals surface area contributed by atoms with Crippen molar-refractivity contribution in [3.05, 3.63) is 138 Å². The van der Waals surface area contributed by atoms with E-state index >= 15 is 0 Å². The number of halogens is 1. The molecule has 0 spiro atoms. The number of nitriles is 2. The van der Waals surface area contributed by atoms with E-state index in [1.165, 1.54) is 0 Å². The van der Waals surface area contributed by atoms with Crippen LogP contribution in [0.15, 0.2) is 127 Å². The molecule has 0 unspecified atom stereocenters. The third-order valence-electron chi connectivity index (χ3n) is 9.64. The minimum atomic E-state index is -0.439. The fourth-order valence-electron chi connectivity index (χ4n) is 5.98. The predicted octanol–water partition coefficient (Wildman–Crippen LogP) is 6.95. The minimum absolute atomic E-state index is 0.354. The molecule has 286 valence electrons. The zero-order valence-electron chi connectivity index (χ0n) is 31.9. The van der Waals surface area contributed by atoms with Crippen molar-refractivity contribution in [1.29, 1.82) is 10.5 Å². The van der Waals surface area contributed by atoms with Crippen LogP contribution in [-0.2, 0) is 9.31 Å². The summed E-state index contributed by atoms with van der Waals surface area (Å²) in [6, 6.07) is 30.4. The van der Waals surface area contributed by atoms with Gasteiger partial charge in [0, 0.05) is 45.6 Å². The van der Waals surface area contributed by atoms with Crippen LogP contribution in [-0.4, -0.2) is 57.8 Å². The number of nitrogen functional groups attached to an aromatic ring is 2. The van der Waals surface area contributed by atoms with E-state index in [4.69, 9.17) is 31.3 Å². The summed E-state index contributed by atoms with van der Waals surface area (Å²) in [4.78, 5) is 16.6. The van der Waals surface area contributed by atoms with Crippen molar-refractivity contribution in [1.82, 2.24) is 39.5 Å². The van der Waals surface area contributed by atoms with Crippen molar-refractivity contribution < 1.29 is 9.31 Å². The first-order valence-corrected chi connectivity index (χ1v) is 18.8. The Balaban J connectivity index is 0.000000149. The molecule has 1 saturated heterocycles. The van der Waals surface area contributed by atoms with E-state index in [0.29, 0.717) is 34.4 Å². The highest BCUT2D eigenvalue weighted by Gasteiger charge is 2.51. The van der Waals surface area contributed by atoms with Gasteiger partial charge in [0.05, 0.1) is 46.0 Å². The molecule has 1 aliphatic heterocycles. The molecule has 6 aromatic heterocycles. The molecule has 0 saturated carbocycles. The fourth-order valence-corrected chi connectivity index (χ4v) is 6.36. The average molecular weight is 832 g/mol. The number of hydrogen-bond acceptors (Lipinski definition) is 12. The van der Waals surface area contributed by atoms with Gasteiger partial charge in [-0.05, 0) is 103 Å². The summed E-state index contributed by atoms with van der Waals surface area (Å²) in [6.45, 7) is 8.14. The molecule has 1 fully saturated rings. The van der Waals surface area contributed by atoms with Crippen LogP contribution >= 0.6 is 15.9 Å². The number of fused-ring (bicyclic) bond motifs is 2. The zero-order chi connectivity index (χ0) is 41.0. The Labute approximate surface area is 343 Å². The van der Waals surface area contributed by atoms with Crippen LogP contribution in [0, 0.1) is 22.7 Å². The Morgan fingerprint density at radius 2 is 1.16 bits per heavy atom. The lowest BCUT2D eigenvalue weighted by molar-refractivity contribution is 0.00578. The number of hydrogen-bond donors (Lipinski definition) is 2. The van der Waals surface area contributed by atoms with E-state index < -0.39 is 18.3 Å². The smallest absolute Gasteiger partial charge is 0.399 e. The maximum Gasteiger partial charge on any atom is 0.494 e. The van der Waals surface area contributed by atoms with Crippen LogP contribution in [0.3, 0.4) is 0 Å². The Morgan fingerprint density at radius 3 is 1.67 bits per heavy atom. The molecule has 0 atom stereocenters. The van der Waals surface area contributed by atoms with Gasteiger partial charge < -0.3 is 20.8 Å². The summed E-state index contributed by atoms with van der Waals surface area (Å²) >= 11 is 3.22. The molecule has 7 heterocycles. The van der Waals surface area contributed by atoms with Crippen LogP contribution in [0.4, 0.5) is 11.4 Å². The van der Waals surface area contributed by atoms with Gasteiger partial charge in [0.1, 0.15) is 23.5 Å². The van der Waals surface area contributed by atoms with Gasteiger partial charge in [-0.25, -0.2) is 19.3 Å². The summed E-state index contributed by atoms with van der Waals surface area (Å²) < 4.78 is 16.7. The Bertz CT molecular complexity index is 2830. The van der Waals surface area contributed by atoms with E-state index in [0.717, 1.165) is 42.9 Å². The normalized spacial score (nSPS) is 13.8. The van der Waals surface area contributed by atoms with Crippen molar-refractivity contribution in [2.75, 3.05) is 11.5 Å². The van der Waals surface area contributed by atoms with E-state index in [2.05, 4.69) is 52.1 Å². The van der Waals surface area contributed by atoms with Crippen molar-refractivity contribution in [2.45, 2.75) is 38.9 Å². The highest BCUT2D eigenvalue weighted by Crippen LogP contribution is 2.36. The van der Waals surface area contributed by atoms with Crippen LogP contribution in [0.5, 0.6) is 0 Å². The number of rotatable bonds is 4. The molecule has 2 aromatic carbocycles. The molecule has 0 radical (unpaired) electrons. The lowest BCUT2D eigenvalue weighted by Gasteiger charge is -2.32. The summed E-state index contributed by atoms with van der Waals surface area (Å²) in [5.74, 6) is 1.21. The SMILES string of the molecule is CC1(C)OB(c2ccc3cnn(-c4cccc(C#N)n4)c3c2)OC1(C)C.N#Cc1cccc(-n2ncc3ccc(-c4cncc(N)c4)cc32)n1.Nc1cncc(Br)c1. The van der Waals surface area contributed by atoms with E-state index in [-0.39, 0.29) is 0 Å². The maximum absolute atomic E-state index is 9.08. The summed E-state index contributed by atoms with van der Waals surface area (Å²) in [7, 11) is -0.439. The molecular formula is C42H36BBrN12O2. The fraction of sp³-hybridized carbons (Fsp3) is 0.143. The van der Waals surface area contributed by atoms with E-state index in [1.807, 2.05) is 88.4 Å². The van der Waals surface area contributed by atoms with Gasteiger partial charge in [-0.3, -0.25) is 9.97 Å². The minimum Gasteiger partial charge on any atom is -0.399 e. The van der Waals surface area contributed by atoms with Crippen molar-refractivity contribution in [3.63, 3.8) is 0 Å². The van der Waals surface area contributed by atoms with Gasteiger partial charge in [-0.1, -0.05) is 36.4 Å². The summed E-state index contributed by atoms with van der Waals surface area (Å²) in [6.07, 6.45) is 10.2. The first kappa shape index (κ1) is 39.3. The molecule has 58 heavy (non-hydrogen) atoms. The number of nitrogens with zero attached hydrogens (tertiary/aromatic N) is 10. The van der Waals surface area contributed by atoms with Gasteiger partial charge in [-0.2, -0.15) is 20.7 Å². The number of benzene rings is 2. The van der Waals surface area contributed by atoms with Crippen LogP contribution in [0.1, 0.15) is 39.1 Å². The molecule has 1 aliphatic rings. The summed E-state index contributed by atoms with van der Waals surface area (Å²) in [5, 5.41) is 28.9. The Kier molecular flexibility index (Phi) is 11.0. The van der Waals surface area contributed by atoms with Gasteiger partial charge in [0.25, 0.3) is 0 Å². The molecule has 14 nitrogen and oxygen atoms in total. The van der Waals surface area contributed by atoms with Crippen molar-refractivity contribution in [2.24, 2.45) is 0 Å². The first-order valence-electron chi connectivity index (χ1n) is 18.0. The topological polar surface area (TPSA) is 205 Å². The van der Waals surface area contributed by atoms with Crippen molar-refractivity contribution >= 4 is 61.7 Å².